The summed E-state index contributed by atoms with van der Waals surface area (Å²) in [5, 5.41) is 2.94. The van der Waals surface area contributed by atoms with Crippen LogP contribution in [0, 0.1) is 13.8 Å². The SMILES string of the molecule is CC[C@H](NC(=O)CN(C)S(=O)(=O)c1ccccc1)c1ccc(C)c(C)c1. The highest BCUT2D eigenvalue weighted by molar-refractivity contribution is 7.89. The number of benzene rings is 2. The summed E-state index contributed by atoms with van der Waals surface area (Å²) >= 11 is 0. The minimum atomic E-state index is -3.68. The molecule has 1 amide bonds. The van der Waals surface area contributed by atoms with E-state index in [4.69, 9.17) is 0 Å². The summed E-state index contributed by atoms with van der Waals surface area (Å²) in [6.45, 7) is 5.85. The van der Waals surface area contributed by atoms with Gasteiger partial charge in [-0.1, -0.05) is 43.3 Å². The van der Waals surface area contributed by atoms with Gasteiger partial charge in [0.2, 0.25) is 15.9 Å². The normalized spacial score (nSPS) is 12.8. The molecule has 0 saturated heterocycles. The first-order chi connectivity index (χ1) is 12.3. The van der Waals surface area contributed by atoms with Crippen LogP contribution in [0.5, 0.6) is 0 Å². The number of aryl methyl sites for hydroxylation is 2. The number of amides is 1. The molecule has 1 atom stereocenters. The van der Waals surface area contributed by atoms with Crippen LogP contribution in [0.25, 0.3) is 0 Å². The topological polar surface area (TPSA) is 66.5 Å². The van der Waals surface area contributed by atoms with Gasteiger partial charge in [0.25, 0.3) is 0 Å². The van der Waals surface area contributed by atoms with E-state index in [0.717, 1.165) is 16.3 Å². The first-order valence-corrected chi connectivity index (χ1v) is 10.1. The van der Waals surface area contributed by atoms with Crippen molar-refractivity contribution in [2.45, 2.75) is 38.1 Å². The van der Waals surface area contributed by atoms with Crippen molar-refractivity contribution >= 4 is 15.9 Å². The van der Waals surface area contributed by atoms with E-state index in [-0.39, 0.29) is 23.4 Å². The molecule has 0 aliphatic rings. The number of rotatable bonds is 7. The van der Waals surface area contributed by atoms with Crippen molar-refractivity contribution in [3.05, 3.63) is 65.2 Å². The molecule has 0 aromatic heterocycles. The van der Waals surface area contributed by atoms with Crippen molar-refractivity contribution in [2.75, 3.05) is 13.6 Å². The fourth-order valence-electron chi connectivity index (χ4n) is 2.70. The highest BCUT2D eigenvalue weighted by Gasteiger charge is 2.23. The summed E-state index contributed by atoms with van der Waals surface area (Å²) in [4.78, 5) is 12.6. The fourth-order valence-corrected chi connectivity index (χ4v) is 3.85. The highest BCUT2D eigenvalue weighted by Crippen LogP contribution is 2.20. The number of nitrogens with zero attached hydrogens (tertiary/aromatic N) is 1. The third-order valence-corrected chi connectivity index (χ3v) is 6.31. The minimum Gasteiger partial charge on any atom is -0.348 e. The van der Waals surface area contributed by atoms with E-state index in [1.54, 1.807) is 18.2 Å². The Bertz CT molecular complexity index is 864. The maximum Gasteiger partial charge on any atom is 0.243 e. The summed E-state index contributed by atoms with van der Waals surface area (Å²) < 4.78 is 26.1. The molecule has 0 spiro atoms. The molecule has 2 aromatic carbocycles. The molecule has 0 heterocycles. The molecule has 0 aliphatic carbocycles. The number of likely N-dealkylation sites (N-methyl/N-ethyl adjacent to an activating group) is 1. The Morgan fingerprint density at radius 2 is 1.73 bits per heavy atom. The Morgan fingerprint density at radius 3 is 2.31 bits per heavy atom. The third-order valence-electron chi connectivity index (χ3n) is 4.49. The Morgan fingerprint density at radius 1 is 1.08 bits per heavy atom. The van der Waals surface area contributed by atoms with Gasteiger partial charge in [0.1, 0.15) is 0 Å². The van der Waals surface area contributed by atoms with Crippen LogP contribution in [0.15, 0.2) is 53.4 Å². The smallest absolute Gasteiger partial charge is 0.243 e. The average Bonchev–Trinajstić information content (AvgIpc) is 2.62. The molecular formula is C20H26N2O3S. The van der Waals surface area contributed by atoms with Gasteiger partial charge >= 0.3 is 0 Å². The van der Waals surface area contributed by atoms with Crippen LogP contribution in [0.1, 0.15) is 36.1 Å². The van der Waals surface area contributed by atoms with Crippen molar-refractivity contribution in [1.82, 2.24) is 9.62 Å². The Labute approximate surface area is 156 Å². The lowest BCUT2D eigenvalue weighted by molar-refractivity contribution is -0.121. The van der Waals surface area contributed by atoms with E-state index in [1.165, 1.54) is 30.3 Å². The van der Waals surface area contributed by atoms with E-state index < -0.39 is 10.0 Å². The van der Waals surface area contributed by atoms with Gasteiger partial charge < -0.3 is 5.32 Å². The second-order valence-corrected chi connectivity index (χ2v) is 8.49. The maximum atomic E-state index is 12.5. The summed E-state index contributed by atoms with van der Waals surface area (Å²) in [5.41, 5.74) is 3.39. The van der Waals surface area contributed by atoms with Gasteiger partial charge in [-0.3, -0.25) is 4.79 Å². The van der Waals surface area contributed by atoms with Crippen LogP contribution in [0.2, 0.25) is 0 Å². The van der Waals surface area contributed by atoms with E-state index in [9.17, 15) is 13.2 Å². The summed E-state index contributed by atoms with van der Waals surface area (Å²) in [5.74, 6) is -0.322. The van der Waals surface area contributed by atoms with Crippen LogP contribution in [0.3, 0.4) is 0 Å². The first kappa shape index (κ1) is 20.1. The molecule has 0 unspecified atom stereocenters. The van der Waals surface area contributed by atoms with Gasteiger partial charge in [-0.2, -0.15) is 4.31 Å². The van der Waals surface area contributed by atoms with E-state index in [1.807, 2.05) is 32.9 Å². The Balaban J connectivity index is 2.07. The zero-order valence-corrected chi connectivity index (χ0v) is 16.5. The molecule has 1 N–H and O–H groups in total. The lowest BCUT2D eigenvalue weighted by atomic mass is 9.99. The van der Waals surface area contributed by atoms with E-state index in [0.29, 0.717) is 0 Å². The Kier molecular flexibility index (Phi) is 6.56. The molecule has 0 aliphatic heterocycles. The molecular weight excluding hydrogens is 348 g/mol. The van der Waals surface area contributed by atoms with Crippen LogP contribution in [0.4, 0.5) is 0 Å². The lowest BCUT2D eigenvalue weighted by Gasteiger charge is -2.21. The van der Waals surface area contributed by atoms with Crippen LogP contribution in [-0.4, -0.2) is 32.2 Å². The summed E-state index contributed by atoms with van der Waals surface area (Å²) in [7, 11) is -2.27. The zero-order valence-electron chi connectivity index (χ0n) is 15.7. The van der Waals surface area contributed by atoms with Crippen molar-refractivity contribution in [3.63, 3.8) is 0 Å². The quantitative estimate of drug-likeness (QED) is 0.809. The molecule has 0 fully saturated rings. The number of sulfonamides is 1. The standard InChI is InChI=1S/C20H26N2O3S/c1-5-19(17-12-11-15(2)16(3)13-17)21-20(23)14-22(4)26(24,25)18-9-7-6-8-10-18/h6-13,19H,5,14H2,1-4H3,(H,21,23)/t19-/m0/s1. The predicted molar refractivity (Wildman–Crippen MR) is 103 cm³/mol. The molecule has 0 bridgehead atoms. The molecule has 26 heavy (non-hydrogen) atoms. The molecule has 2 rings (SSSR count). The van der Waals surface area contributed by atoms with Gasteiger partial charge in [0.05, 0.1) is 17.5 Å². The van der Waals surface area contributed by atoms with Gasteiger partial charge in [0, 0.05) is 7.05 Å². The maximum absolute atomic E-state index is 12.5. The first-order valence-electron chi connectivity index (χ1n) is 8.63. The number of carbonyl (C=O) groups excluding carboxylic acids is 1. The van der Waals surface area contributed by atoms with Crippen molar-refractivity contribution in [3.8, 4) is 0 Å². The van der Waals surface area contributed by atoms with Gasteiger partial charge in [-0.15, -0.1) is 0 Å². The summed E-state index contributed by atoms with van der Waals surface area (Å²) in [6.07, 6.45) is 0.726. The minimum absolute atomic E-state index is 0.144. The van der Waals surface area contributed by atoms with Crippen LogP contribution < -0.4 is 5.32 Å². The van der Waals surface area contributed by atoms with Gasteiger partial charge in [0.15, 0.2) is 0 Å². The number of hydrogen-bond donors (Lipinski definition) is 1. The largest absolute Gasteiger partial charge is 0.348 e. The number of nitrogens with one attached hydrogen (secondary N) is 1. The summed E-state index contributed by atoms with van der Waals surface area (Å²) in [6, 6.07) is 14.1. The van der Waals surface area contributed by atoms with Crippen molar-refractivity contribution in [1.29, 1.82) is 0 Å². The molecule has 6 heteroatoms. The number of carbonyl (C=O) groups is 1. The van der Waals surface area contributed by atoms with Crippen LogP contribution >= 0.6 is 0 Å². The lowest BCUT2D eigenvalue weighted by Crippen LogP contribution is -2.39. The van der Waals surface area contributed by atoms with Crippen LogP contribution in [-0.2, 0) is 14.8 Å². The van der Waals surface area contributed by atoms with E-state index >= 15 is 0 Å². The van der Waals surface area contributed by atoms with Crippen molar-refractivity contribution in [2.24, 2.45) is 0 Å². The molecule has 0 saturated carbocycles. The van der Waals surface area contributed by atoms with Crippen molar-refractivity contribution < 1.29 is 13.2 Å². The molecule has 2 aromatic rings. The fraction of sp³-hybridized carbons (Fsp3) is 0.350. The highest BCUT2D eigenvalue weighted by atomic mass is 32.2. The van der Waals surface area contributed by atoms with Gasteiger partial charge in [-0.05, 0) is 49.1 Å². The van der Waals surface area contributed by atoms with E-state index in [2.05, 4.69) is 11.4 Å². The molecule has 0 radical (unpaired) electrons. The second kappa shape index (κ2) is 8.47. The zero-order chi connectivity index (χ0) is 19.3. The van der Waals surface area contributed by atoms with Gasteiger partial charge in [-0.25, -0.2) is 8.42 Å². The molecule has 140 valence electrons. The average molecular weight is 375 g/mol. The Hall–Kier alpha value is -2.18. The number of hydrogen-bond acceptors (Lipinski definition) is 3. The monoisotopic (exact) mass is 374 g/mol. The second-order valence-electron chi connectivity index (χ2n) is 6.45. The predicted octanol–water partition coefficient (Wildman–Crippen LogP) is 3.19. The molecule has 5 nitrogen and oxygen atoms in total. The third kappa shape index (κ3) is 4.71.